The number of urea groups is 1. The van der Waals surface area contributed by atoms with Gasteiger partial charge in [-0.15, -0.1) is 0 Å². The summed E-state index contributed by atoms with van der Waals surface area (Å²) in [4.78, 5) is 11.6. The topological polar surface area (TPSA) is 53.2 Å². The zero-order valence-corrected chi connectivity index (χ0v) is 12.6. The monoisotopic (exact) mass is 321 g/mol. The van der Waals surface area contributed by atoms with Gasteiger partial charge in [0.2, 0.25) is 0 Å². The van der Waals surface area contributed by atoms with Gasteiger partial charge >= 0.3 is 11.5 Å². The number of amides is 2. The molecule has 1 aromatic carbocycles. The van der Waals surface area contributed by atoms with Crippen LogP contribution in [0.2, 0.25) is 0 Å². The van der Waals surface area contributed by atoms with Crippen LogP contribution in [0.15, 0.2) is 24.3 Å². The molecule has 0 aromatic heterocycles. The number of rotatable bonds is 6. The van der Waals surface area contributed by atoms with Crippen LogP contribution in [-0.2, 0) is 0 Å². The number of hydrogen-bond acceptors (Lipinski definition) is 3. The molecule has 0 bridgehead atoms. The molecule has 0 aliphatic rings. The van der Waals surface area contributed by atoms with E-state index in [2.05, 4.69) is 16.0 Å². The molecule has 1 aromatic rings. The Morgan fingerprint density at radius 1 is 1.38 bits per heavy atom. The number of carbonyl (C=O) groups is 1. The van der Waals surface area contributed by atoms with Crippen LogP contribution in [0.1, 0.15) is 18.5 Å². The highest BCUT2D eigenvalue weighted by molar-refractivity contribution is 8.00. The Kier molecular flexibility index (Phi) is 6.83. The van der Waals surface area contributed by atoms with E-state index in [0.717, 1.165) is 5.56 Å². The molecule has 1 atom stereocenters. The van der Waals surface area contributed by atoms with Crippen molar-refractivity contribution in [2.45, 2.75) is 18.5 Å². The van der Waals surface area contributed by atoms with Gasteiger partial charge in [0.05, 0.1) is 0 Å². The number of nitrogens with one attached hydrogen (secondary N) is 3. The van der Waals surface area contributed by atoms with E-state index in [1.54, 1.807) is 12.1 Å². The van der Waals surface area contributed by atoms with Crippen LogP contribution in [0.3, 0.4) is 0 Å². The van der Waals surface area contributed by atoms with Crippen LogP contribution in [0.4, 0.5) is 23.7 Å². The predicted molar refractivity (Wildman–Crippen MR) is 79.5 cm³/mol. The average Bonchev–Trinajstić information content (AvgIpc) is 2.42. The van der Waals surface area contributed by atoms with Crippen LogP contribution in [0.5, 0.6) is 0 Å². The lowest BCUT2D eigenvalue weighted by Gasteiger charge is -2.13. The van der Waals surface area contributed by atoms with E-state index in [1.165, 1.54) is 0 Å². The molecule has 0 aliphatic carbocycles. The van der Waals surface area contributed by atoms with Crippen LogP contribution < -0.4 is 16.0 Å². The fraction of sp³-hybridized carbons (Fsp3) is 0.462. The van der Waals surface area contributed by atoms with Crippen molar-refractivity contribution in [3.63, 3.8) is 0 Å². The Labute approximate surface area is 125 Å². The third-order valence-electron chi connectivity index (χ3n) is 2.73. The fourth-order valence-corrected chi connectivity index (χ4v) is 1.99. The van der Waals surface area contributed by atoms with Crippen molar-refractivity contribution in [2.75, 3.05) is 24.7 Å². The Hall–Kier alpha value is -1.41. The van der Waals surface area contributed by atoms with Gasteiger partial charge in [0, 0.05) is 24.0 Å². The molecular weight excluding hydrogens is 303 g/mol. The van der Waals surface area contributed by atoms with Crippen LogP contribution in [0.25, 0.3) is 0 Å². The van der Waals surface area contributed by atoms with E-state index in [0.29, 0.717) is 5.69 Å². The van der Waals surface area contributed by atoms with E-state index in [4.69, 9.17) is 0 Å². The second kappa shape index (κ2) is 8.14. The van der Waals surface area contributed by atoms with Crippen molar-refractivity contribution in [1.29, 1.82) is 0 Å². The lowest BCUT2D eigenvalue weighted by Crippen LogP contribution is -2.31. The molecule has 8 heteroatoms. The van der Waals surface area contributed by atoms with Crippen molar-refractivity contribution in [3.05, 3.63) is 29.8 Å². The number of hydrogen-bond donors (Lipinski definition) is 3. The lowest BCUT2D eigenvalue weighted by atomic mass is 10.1. The molecule has 118 valence electrons. The number of benzene rings is 1. The molecule has 0 spiro atoms. The third kappa shape index (κ3) is 7.24. The summed E-state index contributed by atoms with van der Waals surface area (Å²) in [7, 11) is 1.83. The number of alkyl halides is 3. The van der Waals surface area contributed by atoms with Crippen LogP contribution in [-0.4, -0.2) is 30.9 Å². The van der Waals surface area contributed by atoms with E-state index < -0.39 is 11.5 Å². The maximum Gasteiger partial charge on any atom is 0.441 e. The van der Waals surface area contributed by atoms with E-state index in [9.17, 15) is 18.0 Å². The van der Waals surface area contributed by atoms with E-state index in [-0.39, 0.29) is 30.1 Å². The molecule has 3 N–H and O–H groups in total. The van der Waals surface area contributed by atoms with Crippen molar-refractivity contribution in [3.8, 4) is 0 Å². The fourth-order valence-electron chi connectivity index (χ4n) is 1.56. The second-order valence-electron chi connectivity index (χ2n) is 4.31. The minimum Gasteiger partial charge on any atom is -0.337 e. The molecule has 2 amide bonds. The minimum absolute atomic E-state index is 0.0530. The SMILES string of the molecule is CNC(C)c1cccc(NC(=O)NCCSC(F)(F)F)c1. The Morgan fingerprint density at radius 2 is 2.10 bits per heavy atom. The summed E-state index contributed by atoms with van der Waals surface area (Å²) in [5.74, 6) is -0.215. The molecule has 0 aliphatic heterocycles. The predicted octanol–water partition coefficient (Wildman–Crippen LogP) is 3.34. The van der Waals surface area contributed by atoms with Gasteiger partial charge in [-0.05, 0) is 43.4 Å². The third-order valence-corrected chi connectivity index (χ3v) is 3.47. The second-order valence-corrected chi connectivity index (χ2v) is 5.47. The largest absolute Gasteiger partial charge is 0.441 e. The normalized spacial score (nSPS) is 12.8. The first-order valence-electron chi connectivity index (χ1n) is 6.34. The standard InChI is InChI=1S/C13H18F3N3OS/c1-9(17-2)10-4-3-5-11(8-10)19-12(20)18-6-7-21-13(14,15)16/h3-5,8-9,17H,6-7H2,1-2H3,(H2,18,19,20). The van der Waals surface area contributed by atoms with Gasteiger partial charge in [0.15, 0.2) is 0 Å². The molecule has 1 rings (SSSR count). The summed E-state index contributed by atoms with van der Waals surface area (Å²) in [6.07, 6.45) is 0. The molecule has 0 heterocycles. The van der Waals surface area contributed by atoms with Crippen molar-refractivity contribution in [1.82, 2.24) is 10.6 Å². The molecule has 0 radical (unpaired) electrons. The first-order chi connectivity index (χ1) is 9.81. The molecule has 21 heavy (non-hydrogen) atoms. The number of carbonyl (C=O) groups excluding carboxylic acids is 1. The maximum absolute atomic E-state index is 11.9. The number of thioether (sulfide) groups is 1. The van der Waals surface area contributed by atoms with Gasteiger partial charge in [0.25, 0.3) is 0 Å². The Bertz CT molecular complexity index is 468. The van der Waals surface area contributed by atoms with Crippen molar-refractivity contribution >= 4 is 23.5 Å². The average molecular weight is 321 g/mol. The summed E-state index contributed by atoms with van der Waals surface area (Å²) >= 11 is -0.160. The lowest BCUT2D eigenvalue weighted by molar-refractivity contribution is -0.0327. The molecule has 0 saturated heterocycles. The molecule has 0 fully saturated rings. The highest BCUT2D eigenvalue weighted by Gasteiger charge is 2.27. The van der Waals surface area contributed by atoms with Gasteiger partial charge < -0.3 is 16.0 Å². The van der Waals surface area contributed by atoms with Gasteiger partial charge in [-0.25, -0.2) is 4.79 Å². The molecule has 0 saturated carbocycles. The van der Waals surface area contributed by atoms with E-state index in [1.807, 2.05) is 26.1 Å². The summed E-state index contributed by atoms with van der Waals surface area (Å²) < 4.78 is 35.7. The van der Waals surface area contributed by atoms with Crippen LogP contribution >= 0.6 is 11.8 Å². The van der Waals surface area contributed by atoms with E-state index >= 15 is 0 Å². The number of anilines is 1. The minimum atomic E-state index is -4.27. The zero-order valence-electron chi connectivity index (χ0n) is 11.8. The summed E-state index contributed by atoms with van der Waals surface area (Å²) in [6, 6.07) is 6.87. The highest BCUT2D eigenvalue weighted by Crippen LogP contribution is 2.29. The number of halogens is 3. The van der Waals surface area contributed by atoms with Gasteiger partial charge in [-0.1, -0.05) is 12.1 Å². The van der Waals surface area contributed by atoms with Gasteiger partial charge in [-0.3, -0.25) is 0 Å². The smallest absolute Gasteiger partial charge is 0.337 e. The summed E-state index contributed by atoms with van der Waals surface area (Å²) in [5, 5.41) is 8.05. The first kappa shape index (κ1) is 17.6. The highest BCUT2D eigenvalue weighted by atomic mass is 32.2. The van der Waals surface area contributed by atoms with Gasteiger partial charge in [0.1, 0.15) is 0 Å². The Balaban J connectivity index is 2.41. The maximum atomic E-state index is 11.9. The molecule has 4 nitrogen and oxygen atoms in total. The van der Waals surface area contributed by atoms with Gasteiger partial charge in [-0.2, -0.15) is 13.2 Å². The first-order valence-corrected chi connectivity index (χ1v) is 7.33. The summed E-state index contributed by atoms with van der Waals surface area (Å²) in [5.41, 5.74) is -2.67. The quantitative estimate of drug-likeness (QED) is 0.704. The molecule has 1 unspecified atom stereocenters. The van der Waals surface area contributed by atoms with Crippen molar-refractivity contribution < 1.29 is 18.0 Å². The molecular formula is C13H18F3N3OS. The van der Waals surface area contributed by atoms with Crippen molar-refractivity contribution in [2.24, 2.45) is 0 Å². The summed E-state index contributed by atoms with van der Waals surface area (Å²) in [6.45, 7) is 1.93. The Morgan fingerprint density at radius 3 is 2.71 bits per heavy atom. The van der Waals surface area contributed by atoms with Crippen LogP contribution in [0, 0.1) is 0 Å². The zero-order chi connectivity index (χ0) is 15.9.